The van der Waals surface area contributed by atoms with Gasteiger partial charge in [-0.05, 0) is 35.9 Å². The van der Waals surface area contributed by atoms with Crippen molar-refractivity contribution >= 4 is 31.9 Å². The number of hydrogen-bond acceptors (Lipinski definition) is 1. The van der Waals surface area contributed by atoms with Gasteiger partial charge in [-0.25, -0.2) is 0 Å². The Hall–Kier alpha value is -2.36. The standard InChI is InChI=1S/C25H16Br2O/c26-19-11-13-21-22-14-12-20(27)16-24(22)28-25(23(21)15-19,17-7-3-1-4-8-17)18-9-5-2-6-10-18/h1-16H. The summed E-state index contributed by atoms with van der Waals surface area (Å²) in [5, 5.41) is 0. The van der Waals surface area contributed by atoms with E-state index in [0.717, 1.165) is 36.9 Å². The molecule has 0 saturated carbocycles. The van der Waals surface area contributed by atoms with Crippen LogP contribution < -0.4 is 4.74 Å². The molecule has 0 aliphatic carbocycles. The first-order chi connectivity index (χ1) is 13.7. The summed E-state index contributed by atoms with van der Waals surface area (Å²) >= 11 is 7.28. The Balaban J connectivity index is 1.91. The first-order valence-electron chi connectivity index (χ1n) is 9.08. The molecule has 5 rings (SSSR count). The van der Waals surface area contributed by atoms with Crippen LogP contribution in [0.1, 0.15) is 16.7 Å². The van der Waals surface area contributed by atoms with Gasteiger partial charge >= 0.3 is 0 Å². The summed E-state index contributed by atoms with van der Waals surface area (Å²) in [6.45, 7) is 0. The molecule has 4 aromatic rings. The van der Waals surface area contributed by atoms with E-state index in [0.29, 0.717) is 0 Å². The van der Waals surface area contributed by atoms with Gasteiger partial charge < -0.3 is 4.74 Å². The average Bonchev–Trinajstić information content (AvgIpc) is 2.74. The normalized spacial score (nSPS) is 13.9. The van der Waals surface area contributed by atoms with Crippen LogP contribution in [0.15, 0.2) is 106 Å². The van der Waals surface area contributed by atoms with Crippen molar-refractivity contribution in [2.24, 2.45) is 0 Å². The number of ether oxygens (including phenoxy) is 1. The second kappa shape index (κ2) is 6.91. The lowest BCUT2D eigenvalue weighted by atomic mass is 9.75. The van der Waals surface area contributed by atoms with E-state index in [1.165, 1.54) is 5.56 Å². The largest absolute Gasteiger partial charge is 0.472 e. The van der Waals surface area contributed by atoms with Crippen LogP contribution in [0.2, 0.25) is 0 Å². The predicted octanol–water partition coefficient (Wildman–Crippen LogP) is 7.56. The molecule has 1 nitrogen and oxygen atoms in total. The summed E-state index contributed by atoms with van der Waals surface area (Å²) in [5.41, 5.74) is 4.90. The summed E-state index contributed by atoms with van der Waals surface area (Å²) in [4.78, 5) is 0. The highest BCUT2D eigenvalue weighted by Gasteiger charge is 2.44. The molecule has 0 radical (unpaired) electrons. The van der Waals surface area contributed by atoms with Crippen LogP contribution in [-0.2, 0) is 5.60 Å². The van der Waals surface area contributed by atoms with Gasteiger partial charge in [-0.15, -0.1) is 0 Å². The minimum Gasteiger partial charge on any atom is -0.472 e. The van der Waals surface area contributed by atoms with Crippen LogP contribution in [0.25, 0.3) is 11.1 Å². The predicted molar refractivity (Wildman–Crippen MR) is 121 cm³/mol. The Kier molecular flexibility index (Phi) is 4.37. The number of hydrogen-bond donors (Lipinski definition) is 0. The molecule has 0 fully saturated rings. The summed E-state index contributed by atoms with van der Waals surface area (Å²) in [6.07, 6.45) is 0. The van der Waals surface area contributed by atoms with E-state index >= 15 is 0 Å². The van der Waals surface area contributed by atoms with Crippen LogP contribution >= 0.6 is 31.9 Å². The molecular weight excluding hydrogens is 476 g/mol. The fourth-order valence-corrected chi connectivity index (χ4v) is 4.71. The van der Waals surface area contributed by atoms with Gasteiger partial charge in [0.05, 0.1) is 0 Å². The van der Waals surface area contributed by atoms with Crippen LogP contribution in [0, 0.1) is 0 Å². The van der Waals surface area contributed by atoms with Gasteiger partial charge in [0.25, 0.3) is 0 Å². The van der Waals surface area contributed by atoms with Crippen molar-refractivity contribution in [2.75, 3.05) is 0 Å². The third-order valence-corrected chi connectivity index (χ3v) is 6.20. The molecule has 0 unspecified atom stereocenters. The van der Waals surface area contributed by atoms with Gasteiger partial charge in [0.2, 0.25) is 0 Å². The van der Waals surface area contributed by atoms with Crippen molar-refractivity contribution in [3.8, 4) is 16.9 Å². The minimum absolute atomic E-state index is 0.727. The van der Waals surface area contributed by atoms with Crippen LogP contribution in [0.3, 0.4) is 0 Å². The number of fused-ring (bicyclic) bond motifs is 3. The minimum atomic E-state index is -0.727. The zero-order valence-corrected chi connectivity index (χ0v) is 18.1. The van der Waals surface area contributed by atoms with E-state index in [1.807, 2.05) is 12.1 Å². The third kappa shape index (κ3) is 2.73. The molecule has 1 aliphatic heterocycles. The van der Waals surface area contributed by atoms with Crippen molar-refractivity contribution in [2.45, 2.75) is 5.60 Å². The smallest absolute Gasteiger partial charge is 0.185 e. The Bertz CT molecular complexity index is 1110. The second-order valence-corrected chi connectivity index (χ2v) is 8.68. The highest BCUT2D eigenvalue weighted by molar-refractivity contribution is 9.10. The SMILES string of the molecule is Brc1ccc2c(c1)OC(c1ccccc1)(c1ccccc1)c1cc(Br)ccc1-2. The molecule has 0 N–H and O–H groups in total. The summed E-state index contributed by atoms with van der Waals surface area (Å²) in [5.74, 6) is 0.872. The molecule has 0 saturated heterocycles. The Morgan fingerprint density at radius 2 is 1.11 bits per heavy atom. The lowest BCUT2D eigenvalue weighted by Gasteiger charge is -2.41. The maximum absolute atomic E-state index is 6.90. The van der Waals surface area contributed by atoms with Crippen molar-refractivity contribution in [1.82, 2.24) is 0 Å². The molecule has 0 spiro atoms. The molecule has 3 heteroatoms. The monoisotopic (exact) mass is 490 g/mol. The Morgan fingerprint density at radius 1 is 0.571 bits per heavy atom. The molecule has 0 amide bonds. The number of halogens is 2. The van der Waals surface area contributed by atoms with Crippen LogP contribution in [0.5, 0.6) is 5.75 Å². The highest BCUT2D eigenvalue weighted by atomic mass is 79.9. The first-order valence-corrected chi connectivity index (χ1v) is 10.7. The van der Waals surface area contributed by atoms with E-state index in [2.05, 4.69) is 117 Å². The maximum atomic E-state index is 6.90. The number of benzene rings is 4. The molecule has 136 valence electrons. The Morgan fingerprint density at radius 3 is 1.71 bits per heavy atom. The topological polar surface area (TPSA) is 9.23 Å². The van der Waals surface area contributed by atoms with Crippen molar-refractivity contribution in [3.05, 3.63) is 123 Å². The lowest BCUT2D eigenvalue weighted by molar-refractivity contribution is 0.152. The molecule has 28 heavy (non-hydrogen) atoms. The van der Waals surface area contributed by atoms with Gasteiger partial charge in [-0.2, -0.15) is 0 Å². The van der Waals surface area contributed by atoms with E-state index in [-0.39, 0.29) is 0 Å². The highest BCUT2D eigenvalue weighted by Crippen LogP contribution is 2.52. The molecule has 4 aromatic carbocycles. The van der Waals surface area contributed by atoms with Crippen LogP contribution in [0.4, 0.5) is 0 Å². The fraction of sp³-hybridized carbons (Fsp3) is 0.0400. The van der Waals surface area contributed by atoms with E-state index < -0.39 is 5.60 Å². The van der Waals surface area contributed by atoms with Crippen molar-refractivity contribution < 1.29 is 4.74 Å². The average molecular weight is 492 g/mol. The summed E-state index contributed by atoms with van der Waals surface area (Å²) in [7, 11) is 0. The zero-order chi connectivity index (χ0) is 19.1. The maximum Gasteiger partial charge on any atom is 0.185 e. The molecular formula is C25H16Br2O. The fourth-order valence-electron chi connectivity index (χ4n) is 4.01. The number of rotatable bonds is 2. The Labute approximate surface area is 181 Å². The van der Waals surface area contributed by atoms with Gasteiger partial charge in [0.1, 0.15) is 5.75 Å². The molecule has 1 aliphatic rings. The van der Waals surface area contributed by atoms with E-state index in [9.17, 15) is 0 Å². The summed E-state index contributed by atoms with van der Waals surface area (Å²) in [6, 6.07) is 33.6. The van der Waals surface area contributed by atoms with Gasteiger partial charge in [0.15, 0.2) is 5.60 Å². The summed E-state index contributed by atoms with van der Waals surface area (Å²) < 4.78 is 8.94. The van der Waals surface area contributed by atoms with Gasteiger partial charge in [-0.3, -0.25) is 0 Å². The van der Waals surface area contributed by atoms with E-state index in [4.69, 9.17) is 4.74 Å². The second-order valence-electron chi connectivity index (χ2n) is 6.85. The van der Waals surface area contributed by atoms with E-state index in [1.54, 1.807) is 0 Å². The van der Waals surface area contributed by atoms with Crippen molar-refractivity contribution in [3.63, 3.8) is 0 Å². The van der Waals surface area contributed by atoms with Gasteiger partial charge in [-0.1, -0.05) is 98.6 Å². The van der Waals surface area contributed by atoms with Gasteiger partial charge in [0, 0.05) is 31.2 Å². The first kappa shape index (κ1) is 17.7. The zero-order valence-electron chi connectivity index (χ0n) is 14.9. The molecule has 0 aromatic heterocycles. The third-order valence-electron chi connectivity index (χ3n) is 5.22. The lowest BCUT2D eigenvalue weighted by Crippen LogP contribution is -2.38. The van der Waals surface area contributed by atoms with Crippen molar-refractivity contribution in [1.29, 1.82) is 0 Å². The molecule has 1 heterocycles. The molecule has 0 atom stereocenters. The molecule has 0 bridgehead atoms. The quantitative estimate of drug-likeness (QED) is 0.281. The van der Waals surface area contributed by atoms with Crippen LogP contribution in [-0.4, -0.2) is 0 Å².